The third-order valence-corrected chi connectivity index (χ3v) is 7.24. The lowest BCUT2D eigenvalue weighted by atomic mass is 9.55. The minimum absolute atomic E-state index is 0.188. The first-order valence-electron chi connectivity index (χ1n) is 10.2. The van der Waals surface area contributed by atoms with E-state index in [0.717, 1.165) is 31.7 Å². The van der Waals surface area contributed by atoms with Crippen molar-refractivity contribution in [3.8, 4) is 0 Å². The maximum absolute atomic E-state index is 13.5. The van der Waals surface area contributed by atoms with Crippen LogP contribution in [-0.4, -0.2) is 22.7 Å². The molecule has 0 unspecified atom stereocenters. The summed E-state index contributed by atoms with van der Waals surface area (Å²) in [4.78, 5) is 39.7. The highest BCUT2D eigenvalue weighted by atomic mass is 79.9. The van der Waals surface area contributed by atoms with Gasteiger partial charge in [0.25, 0.3) is 17.7 Å². The summed E-state index contributed by atoms with van der Waals surface area (Å²) in [6.45, 7) is 0. The van der Waals surface area contributed by atoms with Gasteiger partial charge in [-0.1, -0.05) is 70.5 Å². The summed E-state index contributed by atoms with van der Waals surface area (Å²) in [5.41, 5.74) is 7.37. The molecule has 1 saturated heterocycles. The zero-order valence-corrected chi connectivity index (χ0v) is 17.9. The first-order valence-corrected chi connectivity index (χ1v) is 11.0. The Morgan fingerprint density at radius 1 is 0.742 bits per heavy atom. The second-order valence-corrected chi connectivity index (χ2v) is 9.14. The Morgan fingerprint density at radius 2 is 1.23 bits per heavy atom. The van der Waals surface area contributed by atoms with Gasteiger partial charge in [-0.3, -0.25) is 19.8 Å². The molecule has 6 heteroatoms. The van der Waals surface area contributed by atoms with Crippen molar-refractivity contribution in [2.45, 2.75) is 11.8 Å². The number of carbonyl (C=O) groups excluding carboxylic acids is 3. The Balaban J connectivity index is 1.42. The summed E-state index contributed by atoms with van der Waals surface area (Å²) in [5.74, 6) is -2.55. The van der Waals surface area contributed by atoms with Crippen molar-refractivity contribution < 1.29 is 14.4 Å². The normalized spacial score (nSPS) is 25.1. The predicted octanol–water partition coefficient (Wildman–Crippen LogP) is 3.99. The number of hydrogen-bond acceptors (Lipinski definition) is 3. The summed E-state index contributed by atoms with van der Waals surface area (Å²) in [6.07, 6.45) is 0. The molecular weight excluding hydrogens is 456 g/mol. The maximum atomic E-state index is 13.5. The van der Waals surface area contributed by atoms with E-state index in [4.69, 9.17) is 0 Å². The Hall–Kier alpha value is -3.25. The van der Waals surface area contributed by atoms with Gasteiger partial charge in [0.1, 0.15) is 0 Å². The highest BCUT2D eigenvalue weighted by Crippen LogP contribution is 2.60. The molecule has 0 saturated carbocycles. The number of nitrogens with zero attached hydrogens (tertiary/aromatic N) is 1. The topological polar surface area (TPSA) is 66.5 Å². The molecule has 0 spiro atoms. The van der Waals surface area contributed by atoms with Crippen LogP contribution in [0.15, 0.2) is 77.3 Å². The lowest BCUT2D eigenvalue weighted by molar-refractivity contribution is -0.142. The number of benzene rings is 3. The molecule has 4 aliphatic rings. The Kier molecular flexibility index (Phi) is 3.96. The number of amides is 3. The third-order valence-electron chi connectivity index (χ3n) is 6.75. The lowest BCUT2D eigenvalue weighted by Gasteiger charge is -2.45. The van der Waals surface area contributed by atoms with E-state index < -0.39 is 17.7 Å². The molecule has 0 radical (unpaired) electrons. The van der Waals surface area contributed by atoms with Gasteiger partial charge in [0.15, 0.2) is 0 Å². The zero-order chi connectivity index (χ0) is 21.3. The first kappa shape index (κ1) is 18.5. The number of rotatable bonds is 2. The standard InChI is InChI=1S/C25H17BrN2O3/c26-14-7-5-6-13(12-14)23(29)27-28-24(30)21-19-15-8-1-2-9-16(15)20(22(21)25(28)31)18-11-4-3-10-17(18)19/h1-12,19-22H,(H,27,29)/t19?,20?,21-,22-/m0/s1. The summed E-state index contributed by atoms with van der Waals surface area (Å²) >= 11 is 3.35. The highest BCUT2D eigenvalue weighted by molar-refractivity contribution is 9.10. The van der Waals surface area contributed by atoms with E-state index in [1.165, 1.54) is 0 Å². The Labute approximate surface area is 187 Å². The van der Waals surface area contributed by atoms with E-state index >= 15 is 0 Å². The largest absolute Gasteiger partial charge is 0.272 e. The quantitative estimate of drug-likeness (QED) is 0.573. The van der Waals surface area contributed by atoms with Crippen LogP contribution in [0.3, 0.4) is 0 Å². The first-order chi connectivity index (χ1) is 15.1. The van der Waals surface area contributed by atoms with Gasteiger partial charge in [-0.25, -0.2) is 0 Å². The zero-order valence-electron chi connectivity index (χ0n) is 16.3. The molecule has 152 valence electrons. The van der Waals surface area contributed by atoms with Crippen LogP contribution in [0.5, 0.6) is 0 Å². The predicted molar refractivity (Wildman–Crippen MR) is 117 cm³/mol. The van der Waals surface area contributed by atoms with Crippen LogP contribution < -0.4 is 5.43 Å². The molecule has 3 aromatic rings. The van der Waals surface area contributed by atoms with Gasteiger partial charge in [-0.15, -0.1) is 0 Å². The Morgan fingerprint density at radius 3 is 1.68 bits per heavy atom. The van der Waals surface area contributed by atoms with Crippen molar-refractivity contribution in [1.82, 2.24) is 10.4 Å². The van der Waals surface area contributed by atoms with Crippen LogP contribution in [0.25, 0.3) is 0 Å². The number of halogens is 1. The van der Waals surface area contributed by atoms with Gasteiger partial charge >= 0.3 is 0 Å². The number of imide groups is 1. The summed E-state index contributed by atoms with van der Waals surface area (Å²) < 4.78 is 0.747. The van der Waals surface area contributed by atoms with Gasteiger partial charge < -0.3 is 0 Å². The average Bonchev–Trinajstić information content (AvgIpc) is 3.04. The molecule has 5 nitrogen and oxygen atoms in total. The monoisotopic (exact) mass is 472 g/mol. The van der Waals surface area contributed by atoms with Crippen LogP contribution in [0.2, 0.25) is 0 Å². The van der Waals surface area contributed by atoms with Crippen molar-refractivity contribution in [2.24, 2.45) is 11.8 Å². The minimum Gasteiger partial charge on any atom is -0.272 e. The van der Waals surface area contributed by atoms with E-state index in [-0.39, 0.29) is 23.7 Å². The molecule has 2 bridgehead atoms. The van der Waals surface area contributed by atoms with E-state index in [0.29, 0.717) is 5.56 Å². The summed E-state index contributed by atoms with van der Waals surface area (Å²) in [6, 6.07) is 23.0. The van der Waals surface area contributed by atoms with Gasteiger partial charge in [0.05, 0.1) is 11.8 Å². The van der Waals surface area contributed by atoms with Crippen LogP contribution in [0.4, 0.5) is 0 Å². The lowest BCUT2D eigenvalue weighted by Crippen LogP contribution is -2.46. The number of nitrogens with one attached hydrogen (secondary N) is 1. The molecule has 3 aliphatic carbocycles. The number of hydrazine groups is 1. The molecule has 31 heavy (non-hydrogen) atoms. The molecule has 3 amide bonds. The molecule has 2 atom stereocenters. The van der Waals surface area contributed by atoms with Crippen molar-refractivity contribution in [3.63, 3.8) is 0 Å². The van der Waals surface area contributed by atoms with Gasteiger partial charge in [-0.2, -0.15) is 5.01 Å². The Bertz CT molecular complexity index is 1170. The second kappa shape index (κ2) is 6.62. The minimum atomic E-state index is -0.509. The molecular formula is C25H17BrN2O3. The van der Waals surface area contributed by atoms with Crippen molar-refractivity contribution in [3.05, 3.63) is 105 Å². The molecule has 1 N–H and O–H groups in total. The van der Waals surface area contributed by atoms with Crippen LogP contribution in [0, 0.1) is 11.8 Å². The number of hydrogen-bond donors (Lipinski definition) is 1. The van der Waals surface area contributed by atoms with Crippen LogP contribution in [-0.2, 0) is 9.59 Å². The fraction of sp³-hybridized carbons (Fsp3) is 0.160. The maximum Gasteiger partial charge on any atom is 0.270 e. The molecule has 1 heterocycles. The molecule has 1 fully saturated rings. The SMILES string of the molecule is O=C(NN1C(=O)[C@H]2C3c4ccccc4C(c4ccccc43)[C@@H]2C1=O)c1cccc(Br)c1. The van der Waals surface area contributed by atoms with Crippen LogP contribution >= 0.6 is 15.9 Å². The van der Waals surface area contributed by atoms with Crippen molar-refractivity contribution >= 4 is 33.7 Å². The van der Waals surface area contributed by atoms with Crippen molar-refractivity contribution in [2.75, 3.05) is 0 Å². The molecule has 1 aliphatic heterocycles. The van der Waals surface area contributed by atoms with Crippen LogP contribution in [0.1, 0.15) is 44.4 Å². The van der Waals surface area contributed by atoms with Gasteiger partial charge in [0, 0.05) is 21.9 Å². The molecule has 0 aromatic heterocycles. The number of carbonyl (C=O) groups is 3. The van der Waals surface area contributed by atoms with Crippen molar-refractivity contribution in [1.29, 1.82) is 0 Å². The van der Waals surface area contributed by atoms with Gasteiger partial charge in [-0.05, 0) is 40.5 Å². The van der Waals surface area contributed by atoms with E-state index in [2.05, 4.69) is 45.6 Å². The highest BCUT2D eigenvalue weighted by Gasteiger charge is 2.62. The van der Waals surface area contributed by atoms with E-state index in [1.54, 1.807) is 18.2 Å². The smallest absolute Gasteiger partial charge is 0.270 e. The van der Waals surface area contributed by atoms with Gasteiger partial charge in [0.2, 0.25) is 0 Å². The average molecular weight is 473 g/mol. The molecule has 7 rings (SSSR count). The fourth-order valence-corrected chi connectivity index (χ4v) is 5.98. The van der Waals surface area contributed by atoms with E-state index in [1.807, 2.05) is 30.3 Å². The summed E-state index contributed by atoms with van der Waals surface area (Å²) in [7, 11) is 0. The molecule has 3 aromatic carbocycles. The summed E-state index contributed by atoms with van der Waals surface area (Å²) in [5, 5.41) is 0.955. The second-order valence-electron chi connectivity index (χ2n) is 8.23. The fourth-order valence-electron chi connectivity index (χ4n) is 5.58. The third kappa shape index (κ3) is 2.51. The van der Waals surface area contributed by atoms with E-state index in [9.17, 15) is 14.4 Å².